The second kappa shape index (κ2) is 7.25. The molecule has 1 N–H and O–H groups in total. The Labute approximate surface area is 117 Å². The first kappa shape index (κ1) is 16.4. The molecular formula is C15H29NO3. The molecular weight excluding hydrogens is 242 g/mol. The van der Waals surface area contributed by atoms with Crippen molar-refractivity contribution in [1.82, 2.24) is 4.90 Å². The fourth-order valence-corrected chi connectivity index (χ4v) is 2.88. The average molecular weight is 271 g/mol. The number of nitrogens with zero attached hydrogens (tertiary/aromatic N) is 1. The van der Waals surface area contributed by atoms with Crippen LogP contribution < -0.4 is 0 Å². The fourth-order valence-electron chi connectivity index (χ4n) is 2.88. The molecule has 0 radical (unpaired) electrons. The van der Waals surface area contributed by atoms with Crippen molar-refractivity contribution >= 4 is 5.97 Å². The maximum Gasteiger partial charge on any atom is 0.313 e. The van der Waals surface area contributed by atoms with E-state index in [1.54, 1.807) is 0 Å². The van der Waals surface area contributed by atoms with E-state index in [-0.39, 0.29) is 0 Å². The molecule has 1 heterocycles. The molecule has 4 nitrogen and oxygen atoms in total. The lowest BCUT2D eigenvalue weighted by Gasteiger charge is -2.38. The molecule has 0 amide bonds. The van der Waals surface area contributed by atoms with Gasteiger partial charge >= 0.3 is 5.97 Å². The summed E-state index contributed by atoms with van der Waals surface area (Å²) in [5, 5.41) is 9.60. The van der Waals surface area contributed by atoms with Crippen molar-refractivity contribution in [2.75, 3.05) is 32.8 Å². The van der Waals surface area contributed by atoms with Crippen LogP contribution in [-0.4, -0.2) is 48.8 Å². The maximum absolute atomic E-state index is 11.7. The van der Waals surface area contributed by atoms with Gasteiger partial charge in [-0.05, 0) is 24.7 Å². The van der Waals surface area contributed by atoms with E-state index in [2.05, 4.69) is 32.6 Å². The van der Waals surface area contributed by atoms with Crippen LogP contribution in [0.25, 0.3) is 0 Å². The smallest absolute Gasteiger partial charge is 0.313 e. The van der Waals surface area contributed by atoms with Gasteiger partial charge in [0.05, 0.1) is 6.61 Å². The standard InChI is InChI=1S/C15H29NO3/c1-12(2)8-16(9-13(3)4)10-15(14(17)18)6-5-7-19-11-15/h12-13H,5-11H2,1-4H3,(H,17,18). The van der Waals surface area contributed by atoms with Gasteiger partial charge in [-0.2, -0.15) is 0 Å². The Kier molecular flexibility index (Phi) is 6.27. The second-order valence-electron chi connectivity index (χ2n) is 6.72. The highest BCUT2D eigenvalue weighted by molar-refractivity contribution is 5.75. The number of hydrogen-bond acceptors (Lipinski definition) is 3. The summed E-state index contributed by atoms with van der Waals surface area (Å²) in [6, 6.07) is 0. The van der Waals surface area contributed by atoms with Gasteiger partial charge in [-0.15, -0.1) is 0 Å². The molecule has 1 aliphatic rings. The molecule has 112 valence electrons. The van der Waals surface area contributed by atoms with Crippen molar-refractivity contribution in [3.63, 3.8) is 0 Å². The summed E-state index contributed by atoms with van der Waals surface area (Å²) in [6.45, 7) is 12.3. The lowest BCUT2D eigenvalue weighted by molar-refractivity contribution is -0.159. The van der Waals surface area contributed by atoms with Crippen LogP contribution in [0.5, 0.6) is 0 Å². The molecule has 0 bridgehead atoms. The van der Waals surface area contributed by atoms with Crippen molar-refractivity contribution in [2.24, 2.45) is 17.3 Å². The van der Waals surface area contributed by atoms with E-state index >= 15 is 0 Å². The number of ether oxygens (including phenoxy) is 1. The third kappa shape index (κ3) is 5.11. The minimum Gasteiger partial charge on any atom is -0.481 e. The van der Waals surface area contributed by atoms with Gasteiger partial charge in [-0.25, -0.2) is 0 Å². The Balaban J connectivity index is 2.74. The van der Waals surface area contributed by atoms with Crippen LogP contribution in [0.4, 0.5) is 0 Å². The minimum atomic E-state index is -0.706. The Morgan fingerprint density at radius 2 is 1.84 bits per heavy atom. The highest BCUT2D eigenvalue weighted by Gasteiger charge is 2.42. The first-order valence-corrected chi connectivity index (χ1v) is 7.39. The normalized spacial score (nSPS) is 24.4. The van der Waals surface area contributed by atoms with E-state index in [0.29, 0.717) is 31.6 Å². The van der Waals surface area contributed by atoms with Crippen LogP contribution in [0.2, 0.25) is 0 Å². The monoisotopic (exact) mass is 271 g/mol. The predicted molar refractivity (Wildman–Crippen MR) is 76.2 cm³/mol. The van der Waals surface area contributed by atoms with E-state index < -0.39 is 11.4 Å². The quantitative estimate of drug-likeness (QED) is 0.773. The third-order valence-corrected chi connectivity index (χ3v) is 3.55. The summed E-state index contributed by atoms with van der Waals surface area (Å²) in [4.78, 5) is 14.0. The van der Waals surface area contributed by atoms with Crippen molar-refractivity contribution < 1.29 is 14.6 Å². The Hall–Kier alpha value is -0.610. The van der Waals surface area contributed by atoms with E-state index in [4.69, 9.17) is 4.74 Å². The van der Waals surface area contributed by atoms with Crippen LogP contribution in [0, 0.1) is 17.3 Å². The van der Waals surface area contributed by atoms with E-state index in [9.17, 15) is 9.90 Å². The Morgan fingerprint density at radius 1 is 1.26 bits per heavy atom. The number of hydrogen-bond donors (Lipinski definition) is 1. The van der Waals surface area contributed by atoms with Crippen LogP contribution in [-0.2, 0) is 9.53 Å². The van der Waals surface area contributed by atoms with E-state index in [1.807, 2.05) is 0 Å². The first-order chi connectivity index (χ1) is 8.85. The fraction of sp³-hybridized carbons (Fsp3) is 0.933. The molecule has 0 aromatic carbocycles. The molecule has 19 heavy (non-hydrogen) atoms. The zero-order valence-electron chi connectivity index (χ0n) is 12.8. The molecule has 0 aromatic heterocycles. The zero-order valence-corrected chi connectivity index (χ0v) is 12.8. The molecule has 1 rings (SSSR count). The van der Waals surface area contributed by atoms with Gasteiger partial charge in [0.25, 0.3) is 0 Å². The number of rotatable bonds is 7. The van der Waals surface area contributed by atoms with Crippen LogP contribution in [0.3, 0.4) is 0 Å². The summed E-state index contributed by atoms with van der Waals surface area (Å²) < 4.78 is 5.45. The molecule has 0 aliphatic carbocycles. The SMILES string of the molecule is CC(C)CN(CC(C)C)CC1(C(=O)O)CCCOC1. The van der Waals surface area contributed by atoms with Gasteiger partial charge < -0.3 is 14.7 Å². The van der Waals surface area contributed by atoms with Gasteiger partial charge in [0.15, 0.2) is 0 Å². The lowest BCUT2D eigenvalue weighted by atomic mass is 9.81. The molecule has 1 atom stereocenters. The molecule has 1 fully saturated rings. The average Bonchev–Trinajstić information content (AvgIpc) is 2.27. The van der Waals surface area contributed by atoms with Gasteiger partial charge in [0.2, 0.25) is 0 Å². The van der Waals surface area contributed by atoms with Crippen molar-refractivity contribution in [1.29, 1.82) is 0 Å². The minimum absolute atomic E-state index is 0.356. The molecule has 0 saturated carbocycles. The number of carboxylic acids is 1. The van der Waals surface area contributed by atoms with Crippen LogP contribution in [0.15, 0.2) is 0 Å². The van der Waals surface area contributed by atoms with Crippen molar-refractivity contribution in [2.45, 2.75) is 40.5 Å². The molecule has 4 heteroatoms. The Morgan fingerprint density at radius 3 is 2.21 bits per heavy atom. The molecule has 0 aromatic rings. The summed E-state index contributed by atoms with van der Waals surface area (Å²) >= 11 is 0. The third-order valence-electron chi connectivity index (χ3n) is 3.55. The lowest BCUT2D eigenvalue weighted by Crippen LogP contribution is -2.49. The number of carbonyl (C=O) groups is 1. The molecule has 1 unspecified atom stereocenters. The Bertz CT molecular complexity index is 273. The summed E-state index contributed by atoms with van der Waals surface area (Å²) in [7, 11) is 0. The maximum atomic E-state index is 11.7. The van der Waals surface area contributed by atoms with Crippen molar-refractivity contribution in [3.8, 4) is 0 Å². The molecule has 1 aliphatic heterocycles. The highest BCUT2D eigenvalue weighted by Crippen LogP contribution is 2.30. The van der Waals surface area contributed by atoms with Crippen molar-refractivity contribution in [3.05, 3.63) is 0 Å². The summed E-state index contributed by atoms with van der Waals surface area (Å²) in [5.74, 6) is 0.396. The molecule has 1 saturated heterocycles. The van der Waals surface area contributed by atoms with Gasteiger partial charge in [-0.1, -0.05) is 27.7 Å². The summed E-state index contributed by atoms with van der Waals surface area (Å²) in [5.41, 5.74) is -0.706. The zero-order chi connectivity index (χ0) is 14.5. The van der Waals surface area contributed by atoms with Gasteiger partial charge in [0.1, 0.15) is 5.41 Å². The largest absolute Gasteiger partial charge is 0.481 e. The topological polar surface area (TPSA) is 49.8 Å². The summed E-state index contributed by atoms with van der Waals surface area (Å²) in [6.07, 6.45) is 1.58. The number of carboxylic acid groups (broad SMARTS) is 1. The number of aliphatic carboxylic acids is 1. The molecule has 0 spiro atoms. The van der Waals surface area contributed by atoms with E-state index in [0.717, 1.165) is 25.9 Å². The van der Waals surface area contributed by atoms with Crippen LogP contribution >= 0.6 is 0 Å². The first-order valence-electron chi connectivity index (χ1n) is 7.39. The van der Waals surface area contributed by atoms with Gasteiger partial charge in [-0.3, -0.25) is 4.79 Å². The predicted octanol–water partition coefficient (Wildman–Crippen LogP) is 2.48. The van der Waals surface area contributed by atoms with E-state index in [1.165, 1.54) is 0 Å². The van der Waals surface area contributed by atoms with Crippen LogP contribution in [0.1, 0.15) is 40.5 Å². The van der Waals surface area contributed by atoms with Gasteiger partial charge in [0, 0.05) is 26.2 Å². The highest BCUT2D eigenvalue weighted by atomic mass is 16.5. The second-order valence-corrected chi connectivity index (χ2v) is 6.72.